The van der Waals surface area contributed by atoms with E-state index in [1.165, 1.54) is 0 Å². The van der Waals surface area contributed by atoms with Crippen molar-refractivity contribution in [1.82, 2.24) is 9.97 Å². The number of carbonyl (C=O) groups is 1. The van der Waals surface area contributed by atoms with E-state index < -0.39 is 29.6 Å². The second-order valence-corrected chi connectivity index (χ2v) is 8.13. The van der Waals surface area contributed by atoms with E-state index in [1.54, 1.807) is 11.8 Å². The lowest BCUT2D eigenvalue weighted by Gasteiger charge is -2.36. The molecule has 0 bridgehead atoms. The van der Waals surface area contributed by atoms with Crippen molar-refractivity contribution in [2.75, 3.05) is 22.1 Å². The average molecular weight is 435 g/mol. The van der Waals surface area contributed by atoms with E-state index in [2.05, 4.69) is 20.6 Å². The van der Waals surface area contributed by atoms with Gasteiger partial charge in [0.05, 0.1) is 11.8 Å². The van der Waals surface area contributed by atoms with Gasteiger partial charge in [-0.1, -0.05) is 0 Å². The van der Waals surface area contributed by atoms with Crippen LogP contribution in [-0.4, -0.2) is 51.8 Å². The van der Waals surface area contributed by atoms with Crippen molar-refractivity contribution in [3.8, 4) is 5.75 Å². The molecule has 2 atom stereocenters. The lowest BCUT2D eigenvalue weighted by atomic mass is 9.89. The number of carbonyl (C=O) groups excluding carboxylic acids is 1. The topological polar surface area (TPSA) is 99.6 Å². The van der Waals surface area contributed by atoms with Crippen LogP contribution in [-0.2, 0) is 4.79 Å². The predicted octanol–water partition coefficient (Wildman–Crippen LogP) is 2.12. The largest absolute Gasteiger partial charge is 0.490 e. The second-order valence-electron chi connectivity index (χ2n) is 8.13. The fraction of sp³-hybridized carbons (Fsp3) is 0.450. The maximum absolute atomic E-state index is 13.3. The molecule has 11 heteroatoms. The number of hydrogen-bond donors (Lipinski definition) is 3. The van der Waals surface area contributed by atoms with Gasteiger partial charge in [-0.25, -0.2) is 18.2 Å². The van der Waals surface area contributed by atoms with E-state index in [1.807, 2.05) is 0 Å². The molecule has 2 fully saturated rings. The highest BCUT2D eigenvalue weighted by Gasteiger charge is 2.42. The number of nitrogens with one attached hydrogen (secondary N) is 2. The molecule has 1 amide bonds. The number of aromatic nitrogens is 2. The van der Waals surface area contributed by atoms with Crippen LogP contribution >= 0.6 is 0 Å². The summed E-state index contributed by atoms with van der Waals surface area (Å²) >= 11 is 0. The van der Waals surface area contributed by atoms with E-state index in [0.717, 1.165) is 12.1 Å². The van der Waals surface area contributed by atoms with E-state index in [4.69, 9.17) is 4.74 Å². The van der Waals surface area contributed by atoms with Gasteiger partial charge < -0.3 is 25.4 Å². The van der Waals surface area contributed by atoms with Crippen LogP contribution in [0.15, 0.2) is 12.1 Å². The van der Waals surface area contributed by atoms with Gasteiger partial charge in [0, 0.05) is 44.0 Å². The summed E-state index contributed by atoms with van der Waals surface area (Å²) in [7, 11) is 0. The van der Waals surface area contributed by atoms with Crippen molar-refractivity contribution < 1.29 is 27.8 Å². The Balaban J connectivity index is 1.25. The molecule has 1 aliphatic carbocycles. The first-order valence-electron chi connectivity index (χ1n) is 10.0. The summed E-state index contributed by atoms with van der Waals surface area (Å²) in [5.74, 6) is -3.39. The molecule has 1 aromatic heterocycles. The average Bonchev–Trinajstić information content (AvgIpc) is 3.08. The molecule has 1 saturated heterocycles. The summed E-state index contributed by atoms with van der Waals surface area (Å²) in [6.07, 6.45) is 0.560. The Morgan fingerprint density at radius 1 is 1.19 bits per heavy atom. The highest BCUT2D eigenvalue weighted by molar-refractivity contribution is 6.04. The van der Waals surface area contributed by atoms with Crippen LogP contribution in [0.4, 0.5) is 30.6 Å². The molecule has 0 unspecified atom stereocenters. The standard InChI is InChI=1S/C20H20F3N5O3/c1-8-17-18(28-7-10(29)4-15(28)19(30)26-17)27-20(24-8)25-9-2-11(3-9)31-12-5-13(21)16(23)14(22)6-12/h5-6,9-11,15,29H,2-4,7H2,1H3,(H,26,30)(H,24,25,27)/t9-,10-,11-,15+/m1/s1. The summed E-state index contributed by atoms with van der Waals surface area (Å²) in [5.41, 5.74) is 1.14. The van der Waals surface area contributed by atoms with Crippen LogP contribution in [0, 0.1) is 24.4 Å². The van der Waals surface area contributed by atoms with Crippen LogP contribution < -0.4 is 20.3 Å². The van der Waals surface area contributed by atoms with Crippen molar-refractivity contribution in [3.63, 3.8) is 0 Å². The number of aliphatic hydroxyl groups is 1. The molecule has 8 nitrogen and oxygen atoms in total. The minimum atomic E-state index is -1.52. The number of benzene rings is 1. The van der Waals surface area contributed by atoms with Gasteiger partial charge >= 0.3 is 0 Å². The van der Waals surface area contributed by atoms with Gasteiger partial charge in [0.1, 0.15) is 23.6 Å². The molecule has 3 aliphatic rings. The number of halogens is 3. The Morgan fingerprint density at radius 2 is 1.90 bits per heavy atom. The zero-order valence-corrected chi connectivity index (χ0v) is 16.5. The highest BCUT2D eigenvalue weighted by Crippen LogP contribution is 2.38. The summed E-state index contributed by atoms with van der Waals surface area (Å²) < 4.78 is 45.2. The Bertz CT molecular complexity index is 1040. The zero-order valence-electron chi connectivity index (χ0n) is 16.5. The van der Waals surface area contributed by atoms with Gasteiger partial charge in [0.2, 0.25) is 11.9 Å². The van der Waals surface area contributed by atoms with Crippen molar-refractivity contribution in [3.05, 3.63) is 35.3 Å². The second kappa shape index (κ2) is 7.26. The van der Waals surface area contributed by atoms with Crippen molar-refractivity contribution in [2.45, 2.75) is 50.5 Å². The Labute approximate surface area is 175 Å². The van der Waals surface area contributed by atoms with E-state index >= 15 is 0 Å². The Morgan fingerprint density at radius 3 is 2.61 bits per heavy atom. The van der Waals surface area contributed by atoms with Gasteiger partial charge in [0.15, 0.2) is 23.3 Å². The summed E-state index contributed by atoms with van der Waals surface area (Å²) in [6, 6.07) is 1.17. The number of hydrogen-bond acceptors (Lipinski definition) is 7. The highest BCUT2D eigenvalue weighted by atomic mass is 19.2. The minimum absolute atomic E-state index is 0.0178. The number of fused-ring (bicyclic) bond motifs is 3. The maximum atomic E-state index is 13.3. The molecule has 164 valence electrons. The lowest BCUT2D eigenvalue weighted by Crippen LogP contribution is -2.45. The molecule has 3 heterocycles. The quantitative estimate of drug-likeness (QED) is 0.633. The number of ether oxygens (including phenoxy) is 1. The van der Waals surface area contributed by atoms with Crippen molar-refractivity contribution >= 4 is 23.4 Å². The SMILES string of the molecule is Cc1nc(N[C@H]2C[C@H](Oc3cc(F)c(F)c(F)c3)C2)nc2c1NC(=O)[C@@H]1C[C@@H](O)CN21. The number of anilines is 3. The molecule has 1 saturated carbocycles. The van der Waals surface area contributed by atoms with Crippen LogP contribution in [0.1, 0.15) is 25.0 Å². The first-order chi connectivity index (χ1) is 14.8. The van der Waals surface area contributed by atoms with Gasteiger partial charge in [-0.15, -0.1) is 0 Å². The van der Waals surface area contributed by atoms with Gasteiger partial charge in [0.25, 0.3) is 0 Å². The number of aryl methyl sites for hydroxylation is 1. The van der Waals surface area contributed by atoms with Crippen LogP contribution in [0.2, 0.25) is 0 Å². The van der Waals surface area contributed by atoms with Gasteiger partial charge in [-0.3, -0.25) is 4.79 Å². The monoisotopic (exact) mass is 435 g/mol. The van der Waals surface area contributed by atoms with Crippen LogP contribution in [0.5, 0.6) is 5.75 Å². The van der Waals surface area contributed by atoms with Gasteiger partial charge in [-0.2, -0.15) is 4.98 Å². The van der Waals surface area contributed by atoms with Crippen LogP contribution in [0.25, 0.3) is 0 Å². The lowest BCUT2D eigenvalue weighted by molar-refractivity contribution is -0.117. The third-order valence-electron chi connectivity index (χ3n) is 5.86. The molecule has 3 N–H and O–H groups in total. The van der Waals surface area contributed by atoms with Crippen molar-refractivity contribution in [2.24, 2.45) is 0 Å². The summed E-state index contributed by atoms with van der Waals surface area (Å²) in [6.45, 7) is 2.09. The zero-order chi connectivity index (χ0) is 21.9. The number of rotatable bonds is 4. The molecule has 1 aromatic carbocycles. The third-order valence-corrected chi connectivity index (χ3v) is 5.86. The van der Waals surface area contributed by atoms with Gasteiger partial charge in [-0.05, 0) is 6.92 Å². The summed E-state index contributed by atoms with van der Waals surface area (Å²) in [4.78, 5) is 23.0. The van der Waals surface area contributed by atoms with E-state index in [0.29, 0.717) is 49.0 Å². The molecule has 0 spiro atoms. The number of amides is 1. The third kappa shape index (κ3) is 3.52. The van der Waals surface area contributed by atoms with Crippen LogP contribution in [0.3, 0.4) is 0 Å². The minimum Gasteiger partial charge on any atom is -0.490 e. The molecule has 2 aliphatic heterocycles. The predicted molar refractivity (Wildman–Crippen MR) is 105 cm³/mol. The molecule has 5 rings (SSSR count). The maximum Gasteiger partial charge on any atom is 0.247 e. The van der Waals surface area contributed by atoms with E-state index in [9.17, 15) is 23.1 Å². The van der Waals surface area contributed by atoms with E-state index in [-0.39, 0.29) is 23.8 Å². The molecule has 0 radical (unpaired) electrons. The number of nitrogens with zero attached hydrogens (tertiary/aromatic N) is 3. The van der Waals surface area contributed by atoms with Crippen molar-refractivity contribution in [1.29, 1.82) is 0 Å². The molecular weight excluding hydrogens is 415 g/mol. The fourth-order valence-electron chi connectivity index (χ4n) is 4.23. The Hall–Kier alpha value is -3.08. The normalized spacial score (nSPS) is 26.6. The summed E-state index contributed by atoms with van der Waals surface area (Å²) in [5, 5.41) is 16.0. The molecular formula is C20H20F3N5O3. The number of aliphatic hydroxyl groups excluding tert-OH is 1. The fourth-order valence-corrected chi connectivity index (χ4v) is 4.23. The Kier molecular flexibility index (Phi) is 4.65. The molecule has 31 heavy (non-hydrogen) atoms. The first kappa shape index (κ1) is 19.9. The smallest absolute Gasteiger partial charge is 0.247 e. The molecule has 2 aromatic rings. The first-order valence-corrected chi connectivity index (χ1v) is 10.0.